The monoisotopic (exact) mass is 241 g/mol. The smallest absolute Gasteiger partial charge is 0.124 e. The van der Waals surface area contributed by atoms with Gasteiger partial charge in [0.15, 0.2) is 0 Å². The Morgan fingerprint density at radius 1 is 1.28 bits per heavy atom. The van der Waals surface area contributed by atoms with Crippen molar-refractivity contribution in [1.29, 1.82) is 0 Å². The van der Waals surface area contributed by atoms with Gasteiger partial charge in [-0.15, -0.1) is 0 Å². The van der Waals surface area contributed by atoms with Gasteiger partial charge in [0.2, 0.25) is 0 Å². The van der Waals surface area contributed by atoms with E-state index in [-0.39, 0.29) is 6.04 Å². The largest absolute Gasteiger partial charge is 0.384 e. The molecule has 3 aromatic rings. The summed E-state index contributed by atoms with van der Waals surface area (Å²) in [6.07, 6.45) is 4.30. The number of imidazole rings is 1. The van der Waals surface area contributed by atoms with Gasteiger partial charge in [-0.3, -0.25) is 0 Å². The number of rotatable bonds is 3. The number of aromatic nitrogens is 3. The number of nitrogen functional groups attached to an aromatic ring is 1. The molecule has 5 nitrogen and oxygen atoms in total. The molecule has 0 fully saturated rings. The van der Waals surface area contributed by atoms with Gasteiger partial charge in [-0.1, -0.05) is 18.2 Å². The first kappa shape index (κ1) is 10.9. The van der Waals surface area contributed by atoms with Crippen LogP contribution in [0.3, 0.4) is 0 Å². The molecule has 6 N–H and O–H groups in total. The highest BCUT2D eigenvalue weighted by Crippen LogP contribution is 2.22. The minimum absolute atomic E-state index is 0.179. The van der Waals surface area contributed by atoms with Crippen molar-refractivity contribution in [2.45, 2.75) is 12.5 Å². The Bertz CT molecular complexity index is 667. The van der Waals surface area contributed by atoms with Gasteiger partial charge < -0.3 is 21.4 Å². The molecule has 0 amide bonds. The number of nitrogens with two attached hydrogens (primary N) is 2. The summed E-state index contributed by atoms with van der Waals surface area (Å²) in [5.41, 5.74) is 14.0. The molecule has 1 unspecified atom stereocenters. The third kappa shape index (κ3) is 1.84. The molecule has 92 valence electrons. The standard InChI is InChI=1S/C13H15N5/c14-10(13-17-7-12(15)18-13)5-8-6-16-11-4-2-1-3-9(8)11/h1-4,6-7,10,16H,5,14-15H2,(H,17,18). The molecular formula is C13H15N5. The number of hydrogen-bond acceptors (Lipinski definition) is 3. The zero-order chi connectivity index (χ0) is 12.5. The average Bonchev–Trinajstić information content (AvgIpc) is 2.97. The Morgan fingerprint density at radius 2 is 2.11 bits per heavy atom. The van der Waals surface area contributed by atoms with Gasteiger partial charge in [0, 0.05) is 17.1 Å². The summed E-state index contributed by atoms with van der Waals surface area (Å²) in [7, 11) is 0. The summed E-state index contributed by atoms with van der Waals surface area (Å²) >= 11 is 0. The van der Waals surface area contributed by atoms with Crippen LogP contribution < -0.4 is 11.5 Å². The summed E-state index contributed by atoms with van der Waals surface area (Å²) in [6.45, 7) is 0. The second-order valence-corrected chi connectivity index (χ2v) is 4.39. The lowest BCUT2D eigenvalue weighted by molar-refractivity contribution is 0.681. The minimum Gasteiger partial charge on any atom is -0.384 e. The molecule has 1 aromatic carbocycles. The lowest BCUT2D eigenvalue weighted by Gasteiger charge is -2.07. The predicted molar refractivity (Wildman–Crippen MR) is 71.9 cm³/mol. The first-order valence-corrected chi connectivity index (χ1v) is 5.85. The molecule has 0 saturated heterocycles. The molecule has 0 spiro atoms. The number of nitrogens with zero attached hydrogens (tertiary/aromatic N) is 1. The van der Waals surface area contributed by atoms with Gasteiger partial charge in [-0.2, -0.15) is 0 Å². The Labute approximate surface area is 104 Å². The zero-order valence-electron chi connectivity index (χ0n) is 9.85. The molecule has 3 rings (SSSR count). The summed E-state index contributed by atoms with van der Waals surface area (Å²) < 4.78 is 0. The fourth-order valence-electron chi connectivity index (χ4n) is 2.17. The van der Waals surface area contributed by atoms with Gasteiger partial charge >= 0.3 is 0 Å². The Morgan fingerprint density at radius 3 is 2.89 bits per heavy atom. The molecule has 0 saturated carbocycles. The van der Waals surface area contributed by atoms with Gasteiger partial charge in [0.1, 0.15) is 11.6 Å². The van der Waals surface area contributed by atoms with E-state index in [0.717, 1.165) is 17.8 Å². The van der Waals surface area contributed by atoms with Gasteiger partial charge in [0.05, 0.1) is 12.2 Å². The van der Waals surface area contributed by atoms with Gasteiger partial charge in [-0.05, 0) is 18.1 Å². The summed E-state index contributed by atoms with van der Waals surface area (Å²) in [6, 6.07) is 7.99. The zero-order valence-corrected chi connectivity index (χ0v) is 9.85. The van der Waals surface area contributed by atoms with Crippen molar-refractivity contribution in [3.63, 3.8) is 0 Å². The number of nitrogens with one attached hydrogen (secondary N) is 2. The van der Waals surface area contributed by atoms with E-state index in [1.165, 1.54) is 10.9 Å². The Balaban J connectivity index is 1.88. The summed E-state index contributed by atoms with van der Waals surface area (Å²) in [5.74, 6) is 1.26. The third-order valence-corrected chi connectivity index (χ3v) is 3.08. The molecule has 0 aliphatic heterocycles. The van der Waals surface area contributed by atoms with Crippen LogP contribution in [0.15, 0.2) is 36.7 Å². The van der Waals surface area contributed by atoms with E-state index >= 15 is 0 Å². The van der Waals surface area contributed by atoms with Gasteiger partial charge in [-0.25, -0.2) is 4.98 Å². The van der Waals surface area contributed by atoms with E-state index in [0.29, 0.717) is 5.82 Å². The van der Waals surface area contributed by atoms with Gasteiger partial charge in [0.25, 0.3) is 0 Å². The maximum absolute atomic E-state index is 6.13. The number of hydrogen-bond donors (Lipinski definition) is 4. The van der Waals surface area contributed by atoms with E-state index in [1.807, 2.05) is 18.3 Å². The molecule has 1 atom stereocenters. The third-order valence-electron chi connectivity index (χ3n) is 3.08. The molecular weight excluding hydrogens is 226 g/mol. The van der Waals surface area contributed by atoms with E-state index in [2.05, 4.69) is 27.1 Å². The minimum atomic E-state index is -0.179. The van der Waals surface area contributed by atoms with Crippen molar-refractivity contribution in [2.75, 3.05) is 5.73 Å². The van der Waals surface area contributed by atoms with Crippen LogP contribution in [0.25, 0.3) is 10.9 Å². The van der Waals surface area contributed by atoms with Crippen LogP contribution in [0.2, 0.25) is 0 Å². The second kappa shape index (κ2) is 4.19. The normalized spacial score (nSPS) is 12.9. The lowest BCUT2D eigenvalue weighted by atomic mass is 10.1. The topological polar surface area (TPSA) is 96.5 Å². The number of H-pyrrole nitrogens is 2. The maximum atomic E-state index is 6.13. The number of aromatic amines is 2. The van der Waals surface area contributed by atoms with Crippen LogP contribution in [0.1, 0.15) is 17.4 Å². The molecule has 0 radical (unpaired) electrons. The average molecular weight is 241 g/mol. The van der Waals surface area contributed by atoms with E-state index in [9.17, 15) is 0 Å². The summed E-state index contributed by atoms with van der Waals surface area (Å²) in [5, 5.41) is 1.20. The van der Waals surface area contributed by atoms with Crippen molar-refractivity contribution >= 4 is 16.7 Å². The molecule has 0 aliphatic carbocycles. The van der Waals surface area contributed by atoms with Crippen molar-refractivity contribution in [3.8, 4) is 0 Å². The van der Waals surface area contributed by atoms with Crippen LogP contribution in [0.4, 0.5) is 5.82 Å². The SMILES string of the molecule is Nc1cnc(C(N)Cc2c[nH]c3ccccc23)[nH]1. The number of para-hydroxylation sites is 1. The van der Waals surface area contributed by atoms with E-state index < -0.39 is 0 Å². The van der Waals surface area contributed by atoms with Crippen molar-refractivity contribution in [3.05, 3.63) is 48.0 Å². The highest BCUT2D eigenvalue weighted by molar-refractivity contribution is 5.83. The fraction of sp³-hybridized carbons (Fsp3) is 0.154. The molecule has 18 heavy (non-hydrogen) atoms. The molecule has 0 aliphatic rings. The Hall–Kier alpha value is -2.27. The van der Waals surface area contributed by atoms with Crippen molar-refractivity contribution in [1.82, 2.24) is 15.0 Å². The van der Waals surface area contributed by atoms with Crippen LogP contribution in [0, 0.1) is 0 Å². The lowest BCUT2D eigenvalue weighted by Crippen LogP contribution is -2.14. The van der Waals surface area contributed by atoms with Crippen LogP contribution in [-0.4, -0.2) is 15.0 Å². The number of fused-ring (bicyclic) bond motifs is 1. The van der Waals surface area contributed by atoms with E-state index in [1.54, 1.807) is 6.20 Å². The highest BCUT2D eigenvalue weighted by Gasteiger charge is 2.13. The van der Waals surface area contributed by atoms with E-state index in [4.69, 9.17) is 11.5 Å². The first-order valence-electron chi connectivity index (χ1n) is 5.85. The van der Waals surface area contributed by atoms with Crippen LogP contribution in [-0.2, 0) is 6.42 Å². The quantitative estimate of drug-likeness (QED) is 0.562. The van der Waals surface area contributed by atoms with Crippen LogP contribution >= 0.6 is 0 Å². The highest BCUT2D eigenvalue weighted by atomic mass is 15.0. The molecule has 0 bridgehead atoms. The maximum Gasteiger partial charge on any atom is 0.124 e. The number of anilines is 1. The van der Waals surface area contributed by atoms with Crippen LogP contribution in [0.5, 0.6) is 0 Å². The van der Waals surface area contributed by atoms with Crippen molar-refractivity contribution in [2.24, 2.45) is 5.73 Å². The predicted octanol–water partition coefficient (Wildman–Crippen LogP) is 1.72. The molecule has 2 heterocycles. The Kier molecular flexibility index (Phi) is 2.53. The van der Waals surface area contributed by atoms with Crippen molar-refractivity contribution < 1.29 is 0 Å². The first-order chi connectivity index (χ1) is 8.74. The second-order valence-electron chi connectivity index (χ2n) is 4.39. The number of benzene rings is 1. The molecule has 5 heteroatoms. The molecule has 2 aromatic heterocycles. The summed E-state index contributed by atoms with van der Waals surface area (Å²) in [4.78, 5) is 10.4. The fourth-order valence-corrected chi connectivity index (χ4v) is 2.17.